The highest BCUT2D eigenvalue weighted by molar-refractivity contribution is 5.79. The molecule has 2 N–H and O–H groups in total. The first-order chi connectivity index (χ1) is 14.1. The monoisotopic (exact) mass is 395 g/mol. The van der Waals surface area contributed by atoms with Crippen LogP contribution in [0.2, 0.25) is 0 Å². The van der Waals surface area contributed by atoms with Gasteiger partial charge in [0, 0.05) is 37.4 Å². The molecule has 2 aliphatic rings. The Balaban J connectivity index is 0.000000551. The van der Waals surface area contributed by atoms with E-state index in [4.69, 9.17) is 5.73 Å². The van der Waals surface area contributed by atoms with Crippen molar-refractivity contribution in [3.8, 4) is 11.1 Å². The van der Waals surface area contributed by atoms with Crippen molar-refractivity contribution in [1.82, 2.24) is 9.88 Å². The number of amides is 1. The second-order valence-electron chi connectivity index (χ2n) is 7.71. The Kier molecular flexibility index (Phi) is 9.33. The second-order valence-corrected chi connectivity index (χ2v) is 7.71. The van der Waals surface area contributed by atoms with E-state index in [1.165, 1.54) is 23.1 Å². The van der Waals surface area contributed by atoms with Crippen molar-refractivity contribution in [3.63, 3.8) is 0 Å². The maximum atomic E-state index is 12.8. The summed E-state index contributed by atoms with van der Waals surface area (Å²) in [5.41, 5.74) is 10.9. The molecule has 1 aliphatic heterocycles. The summed E-state index contributed by atoms with van der Waals surface area (Å²) in [5.74, 6) is 0.420. The van der Waals surface area contributed by atoms with Crippen LogP contribution >= 0.6 is 0 Å². The third kappa shape index (κ3) is 6.14. The minimum atomic E-state index is 0.128. The van der Waals surface area contributed by atoms with Gasteiger partial charge >= 0.3 is 0 Å². The standard InChI is InChI=1S/C20H23N3O.C3H8.C2H6/c21-19-6-5-16(11-19)20(24)23-9-7-14-3-4-15(10-18(14)13-23)17-2-1-8-22-12-17;1-3-2;1-2/h1-4,8,10,12,16,19H,5-7,9,11,13,21H2;3H2,1-2H3;1-2H3/t16-,19+;;/m0../s1. The Hall–Kier alpha value is -2.20. The van der Waals surface area contributed by atoms with Gasteiger partial charge in [0.2, 0.25) is 5.91 Å². The van der Waals surface area contributed by atoms with Gasteiger partial charge < -0.3 is 10.6 Å². The highest BCUT2D eigenvalue weighted by Gasteiger charge is 2.32. The fourth-order valence-corrected chi connectivity index (χ4v) is 3.96. The lowest BCUT2D eigenvalue weighted by molar-refractivity contribution is -0.136. The summed E-state index contributed by atoms with van der Waals surface area (Å²) in [6, 6.07) is 10.8. The SMILES string of the molecule is CC.CCC.N[C@@H]1CC[C@H](C(=O)N2CCc3ccc(-c4cccnc4)cc3C2)C1. The molecular weight excluding hydrogens is 358 g/mol. The van der Waals surface area contributed by atoms with Crippen molar-refractivity contribution in [2.45, 2.75) is 72.4 Å². The summed E-state index contributed by atoms with van der Waals surface area (Å²) in [6.07, 6.45) is 8.62. The zero-order chi connectivity index (χ0) is 21.2. The average molecular weight is 396 g/mol. The summed E-state index contributed by atoms with van der Waals surface area (Å²) < 4.78 is 0. The number of hydrogen-bond donors (Lipinski definition) is 1. The third-order valence-corrected chi connectivity index (χ3v) is 5.35. The molecule has 29 heavy (non-hydrogen) atoms. The molecule has 4 heteroatoms. The first-order valence-electron chi connectivity index (χ1n) is 11.2. The quantitative estimate of drug-likeness (QED) is 0.760. The molecular formula is C25H37N3O. The number of fused-ring (bicyclic) bond motifs is 1. The highest BCUT2D eigenvalue weighted by Crippen LogP contribution is 2.30. The maximum absolute atomic E-state index is 12.8. The van der Waals surface area contributed by atoms with Gasteiger partial charge in [-0.05, 0) is 60.1 Å². The van der Waals surface area contributed by atoms with E-state index in [9.17, 15) is 4.79 Å². The van der Waals surface area contributed by atoms with Crippen molar-refractivity contribution in [3.05, 3.63) is 53.9 Å². The Morgan fingerprint density at radius 2 is 1.90 bits per heavy atom. The van der Waals surface area contributed by atoms with Gasteiger partial charge in [0.15, 0.2) is 0 Å². The van der Waals surface area contributed by atoms with E-state index < -0.39 is 0 Å². The van der Waals surface area contributed by atoms with Crippen molar-refractivity contribution in [2.24, 2.45) is 11.7 Å². The van der Waals surface area contributed by atoms with Crippen LogP contribution in [0.25, 0.3) is 11.1 Å². The zero-order valence-electron chi connectivity index (χ0n) is 18.5. The Morgan fingerprint density at radius 3 is 2.52 bits per heavy atom. The molecule has 158 valence electrons. The normalized spacial score (nSPS) is 20.0. The van der Waals surface area contributed by atoms with Crippen molar-refractivity contribution in [1.29, 1.82) is 0 Å². The Morgan fingerprint density at radius 1 is 1.14 bits per heavy atom. The van der Waals surface area contributed by atoms with E-state index in [1.54, 1.807) is 6.20 Å². The molecule has 1 fully saturated rings. The Bertz CT molecular complexity index is 760. The number of pyridine rings is 1. The molecule has 4 nitrogen and oxygen atoms in total. The lowest BCUT2D eigenvalue weighted by Gasteiger charge is -2.31. The van der Waals surface area contributed by atoms with Crippen LogP contribution in [0.5, 0.6) is 0 Å². The number of nitrogens with zero attached hydrogens (tertiary/aromatic N) is 2. The van der Waals surface area contributed by atoms with Gasteiger partial charge in [0.05, 0.1) is 0 Å². The van der Waals surface area contributed by atoms with Gasteiger partial charge in [0.25, 0.3) is 0 Å². The number of rotatable bonds is 2. The lowest BCUT2D eigenvalue weighted by atomic mass is 9.94. The van der Waals surface area contributed by atoms with E-state index in [2.05, 4.69) is 43.1 Å². The van der Waals surface area contributed by atoms with Gasteiger partial charge in [-0.25, -0.2) is 0 Å². The van der Waals surface area contributed by atoms with Crippen molar-refractivity contribution < 1.29 is 4.79 Å². The molecule has 2 atom stereocenters. The molecule has 0 unspecified atom stereocenters. The first-order valence-corrected chi connectivity index (χ1v) is 11.2. The molecule has 2 heterocycles. The smallest absolute Gasteiger partial charge is 0.226 e. The minimum Gasteiger partial charge on any atom is -0.338 e. The molecule has 1 aromatic heterocycles. The predicted octanol–water partition coefficient (Wildman–Crippen LogP) is 5.20. The summed E-state index contributed by atoms with van der Waals surface area (Å²) in [5, 5.41) is 0. The molecule has 0 radical (unpaired) electrons. The highest BCUT2D eigenvalue weighted by atomic mass is 16.2. The summed E-state index contributed by atoms with van der Waals surface area (Å²) in [7, 11) is 0. The van der Waals surface area contributed by atoms with Gasteiger partial charge in [-0.2, -0.15) is 0 Å². The lowest BCUT2D eigenvalue weighted by Crippen LogP contribution is -2.39. The molecule has 1 amide bonds. The number of benzene rings is 1. The van der Waals surface area contributed by atoms with E-state index >= 15 is 0 Å². The Labute approximate surface area is 176 Å². The molecule has 1 saturated carbocycles. The van der Waals surface area contributed by atoms with Gasteiger partial charge in [-0.1, -0.05) is 52.3 Å². The average Bonchev–Trinajstić information content (AvgIpc) is 3.21. The molecule has 2 aromatic rings. The number of carbonyl (C=O) groups excluding carboxylic acids is 1. The summed E-state index contributed by atoms with van der Waals surface area (Å²) >= 11 is 0. The first kappa shape index (κ1) is 23.1. The molecule has 0 bridgehead atoms. The van der Waals surface area contributed by atoms with E-state index in [-0.39, 0.29) is 12.0 Å². The van der Waals surface area contributed by atoms with Crippen LogP contribution in [0.1, 0.15) is 64.5 Å². The minimum absolute atomic E-state index is 0.128. The topological polar surface area (TPSA) is 59.2 Å². The molecule has 0 spiro atoms. The van der Waals surface area contributed by atoms with E-state index in [0.29, 0.717) is 12.5 Å². The van der Waals surface area contributed by atoms with Gasteiger partial charge in [-0.3, -0.25) is 9.78 Å². The van der Waals surface area contributed by atoms with Crippen LogP contribution in [0.15, 0.2) is 42.7 Å². The van der Waals surface area contributed by atoms with E-state index in [0.717, 1.165) is 37.8 Å². The predicted molar refractivity (Wildman–Crippen MR) is 121 cm³/mol. The molecule has 1 aliphatic carbocycles. The third-order valence-electron chi connectivity index (χ3n) is 5.35. The van der Waals surface area contributed by atoms with Gasteiger partial charge in [0.1, 0.15) is 0 Å². The number of aromatic nitrogens is 1. The van der Waals surface area contributed by atoms with Crippen molar-refractivity contribution in [2.75, 3.05) is 6.54 Å². The maximum Gasteiger partial charge on any atom is 0.226 e. The van der Waals surface area contributed by atoms with Crippen LogP contribution in [-0.2, 0) is 17.8 Å². The van der Waals surface area contributed by atoms with Gasteiger partial charge in [-0.15, -0.1) is 0 Å². The number of hydrogen-bond acceptors (Lipinski definition) is 3. The largest absolute Gasteiger partial charge is 0.338 e. The zero-order valence-corrected chi connectivity index (χ0v) is 18.5. The molecule has 0 saturated heterocycles. The van der Waals surface area contributed by atoms with Crippen LogP contribution in [0.4, 0.5) is 0 Å². The molecule has 1 aromatic carbocycles. The van der Waals surface area contributed by atoms with Crippen LogP contribution in [-0.4, -0.2) is 28.4 Å². The van der Waals surface area contributed by atoms with Crippen LogP contribution in [0, 0.1) is 5.92 Å². The fraction of sp³-hybridized carbons (Fsp3) is 0.520. The summed E-state index contributed by atoms with van der Waals surface area (Å²) in [4.78, 5) is 19.0. The van der Waals surface area contributed by atoms with Crippen LogP contribution < -0.4 is 5.73 Å². The number of nitrogens with two attached hydrogens (primary N) is 1. The van der Waals surface area contributed by atoms with Crippen molar-refractivity contribution >= 4 is 5.91 Å². The number of carbonyl (C=O) groups is 1. The fourth-order valence-electron chi connectivity index (χ4n) is 3.96. The van der Waals surface area contributed by atoms with Crippen LogP contribution in [0.3, 0.4) is 0 Å². The molecule has 4 rings (SSSR count). The van der Waals surface area contributed by atoms with E-state index in [1.807, 2.05) is 31.0 Å². The summed E-state index contributed by atoms with van der Waals surface area (Å²) in [6.45, 7) is 9.79. The second kappa shape index (κ2) is 11.7.